The van der Waals surface area contributed by atoms with Gasteiger partial charge >= 0.3 is 0 Å². The number of benzene rings is 1. The van der Waals surface area contributed by atoms with Crippen molar-refractivity contribution in [2.45, 2.75) is 0 Å². The van der Waals surface area contributed by atoms with Gasteiger partial charge in [0.25, 0.3) is 0 Å². The van der Waals surface area contributed by atoms with Crippen molar-refractivity contribution < 1.29 is 0 Å². The van der Waals surface area contributed by atoms with Crippen LogP contribution in [0.1, 0.15) is 0 Å². The Hall–Kier alpha value is -1.68. The molecule has 17 heavy (non-hydrogen) atoms. The van der Waals surface area contributed by atoms with Crippen molar-refractivity contribution in [1.82, 2.24) is 9.97 Å². The third kappa shape index (κ3) is 2.91. The zero-order chi connectivity index (χ0) is 12.3. The molecule has 0 aliphatic carbocycles. The first-order valence-corrected chi connectivity index (χ1v) is 5.95. The van der Waals surface area contributed by atoms with Crippen molar-refractivity contribution in [3.63, 3.8) is 0 Å². The van der Waals surface area contributed by atoms with Crippen molar-refractivity contribution in [3.05, 3.63) is 53.7 Å². The van der Waals surface area contributed by atoms with E-state index >= 15 is 0 Å². The van der Waals surface area contributed by atoms with Gasteiger partial charge in [0, 0.05) is 11.0 Å². The number of aromatic nitrogens is 2. The molecule has 1 heterocycles. The van der Waals surface area contributed by atoms with Crippen LogP contribution in [-0.4, -0.2) is 16.5 Å². The highest BCUT2D eigenvalue weighted by Gasteiger charge is 2.00. The molecule has 1 N–H and O–H groups in total. The van der Waals surface area contributed by atoms with Gasteiger partial charge in [-0.25, -0.2) is 4.98 Å². The summed E-state index contributed by atoms with van der Waals surface area (Å²) in [5.41, 5.74) is 2.65. The molecule has 3 nitrogen and oxygen atoms in total. The van der Waals surface area contributed by atoms with E-state index in [1.165, 1.54) is 0 Å². The van der Waals surface area contributed by atoms with Gasteiger partial charge in [0.1, 0.15) is 5.82 Å². The highest BCUT2D eigenvalue weighted by molar-refractivity contribution is 9.10. The van der Waals surface area contributed by atoms with Crippen molar-refractivity contribution in [2.75, 3.05) is 11.9 Å². The zero-order valence-corrected chi connectivity index (χ0v) is 10.9. The minimum atomic E-state index is 0.625. The SMILES string of the molecule is C=CC(=C)CNc1cnc2cc(Br)ccc2n1. The number of rotatable bonds is 4. The summed E-state index contributed by atoms with van der Waals surface area (Å²) in [5.74, 6) is 0.739. The first-order chi connectivity index (χ1) is 8.19. The average Bonchev–Trinajstić information content (AvgIpc) is 2.35. The molecule has 0 fully saturated rings. The molecule has 1 aromatic carbocycles. The lowest BCUT2D eigenvalue weighted by Gasteiger charge is -2.06. The summed E-state index contributed by atoms with van der Waals surface area (Å²) in [7, 11) is 0. The van der Waals surface area contributed by atoms with Gasteiger partial charge < -0.3 is 5.32 Å². The summed E-state index contributed by atoms with van der Waals surface area (Å²) < 4.78 is 1.00. The van der Waals surface area contributed by atoms with Gasteiger partial charge in [-0.15, -0.1) is 0 Å². The summed E-state index contributed by atoms with van der Waals surface area (Å²) in [6, 6.07) is 5.82. The smallest absolute Gasteiger partial charge is 0.145 e. The molecule has 86 valence electrons. The topological polar surface area (TPSA) is 37.8 Å². The van der Waals surface area contributed by atoms with E-state index in [1.807, 2.05) is 18.2 Å². The fourth-order valence-electron chi connectivity index (χ4n) is 1.35. The van der Waals surface area contributed by atoms with Crippen LogP contribution in [0.2, 0.25) is 0 Å². The Kier molecular flexibility index (Phi) is 3.54. The molecular weight excluding hydrogens is 278 g/mol. The predicted molar refractivity (Wildman–Crippen MR) is 75.1 cm³/mol. The first kappa shape index (κ1) is 11.8. The highest BCUT2D eigenvalue weighted by Crippen LogP contribution is 2.17. The molecule has 0 aliphatic heterocycles. The third-order valence-corrected chi connectivity index (χ3v) is 2.78. The lowest BCUT2D eigenvalue weighted by Crippen LogP contribution is -2.04. The maximum Gasteiger partial charge on any atom is 0.145 e. The largest absolute Gasteiger partial charge is 0.365 e. The molecule has 0 bridgehead atoms. The van der Waals surface area contributed by atoms with Gasteiger partial charge in [-0.2, -0.15) is 0 Å². The van der Waals surface area contributed by atoms with Gasteiger partial charge in [-0.3, -0.25) is 4.98 Å². The summed E-state index contributed by atoms with van der Waals surface area (Å²) in [4.78, 5) is 8.79. The Bertz CT molecular complexity index is 578. The lowest BCUT2D eigenvalue weighted by atomic mass is 10.3. The maximum atomic E-state index is 4.45. The molecule has 0 saturated carbocycles. The van der Waals surface area contributed by atoms with Crippen molar-refractivity contribution in [2.24, 2.45) is 0 Å². The molecule has 0 atom stereocenters. The second-order valence-electron chi connectivity index (χ2n) is 3.60. The first-order valence-electron chi connectivity index (χ1n) is 5.15. The Balaban J connectivity index is 2.23. The monoisotopic (exact) mass is 289 g/mol. The minimum absolute atomic E-state index is 0.625. The quantitative estimate of drug-likeness (QED) is 0.875. The van der Waals surface area contributed by atoms with E-state index in [1.54, 1.807) is 12.3 Å². The van der Waals surface area contributed by atoms with Crippen molar-refractivity contribution in [3.8, 4) is 0 Å². The second kappa shape index (κ2) is 5.10. The number of hydrogen-bond acceptors (Lipinski definition) is 3. The van der Waals surface area contributed by atoms with Crippen molar-refractivity contribution in [1.29, 1.82) is 0 Å². The number of anilines is 1. The van der Waals surface area contributed by atoms with Crippen LogP contribution in [-0.2, 0) is 0 Å². The van der Waals surface area contributed by atoms with E-state index in [4.69, 9.17) is 0 Å². The van der Waals surface area contributed by atoms with E-state index in [2.05, 4.69) is 44.4 Å². The molecule has 0 spiro atoms. The molecule has 0 saturated heterocycles. The molecule has 2 aromatic rings. The van der Waals surface area contributed by atoms with Crippen LogP contribution in [0.5, 0.6) is 0 Å². The van der Waals surface area contributed by atoms with Gasteiger partial charge in [-0.05, 0) is 23.8 Å². The van der Waals surface area contributed by atoms with Crippen LogP contribution in [0.3, 0.4) is 0 Å². The summed E-state index contributed by atoms with van der Waals surface area (Å²) in [5, 5.41) is 3.15. The summed E-state index contributed by atoms with van der Waals surface area (Å²) >= 11 is 3.40. The summed E-state index contributed by atoms with van der Waals surface area (Å²) in [6.07, 6.45) is 3.43. The van der Waals surface area contributed by atoms with Crippen LogP contribution in [0, 0.1) is 0 Å². The predicted octanol–water partition coefficient (Wildman–Crippen LogP) is 3.55. The van der Waals surface area contributed by atoms with Crippen LogP contribution < -0.4 is 5.32 Å². The normalized spacial score (nSPS) is 10.2. The molecule has 0 aliphatic rings. The number of nitrogens with one attached hydrogen (secondary N) is 1. The highest BCUT2D eigenvalue weighted by atomic mass is 79.9. The second-order valence-corrected chi connectivity index (χ2v) is 4.52. The van der Waals surface area contributed by atoms with E-state index in [0.717, 1.165) is 26.9 Å². The Labute approximate surface area is 108 Å². The van der Waals surface area contributed by atoms with E-state index in [9.17, 15) is 0 Å². The molecule has 1 aromatic heterocycles. The number of fused-ring (bicyclic) bond motifs is 1. The molecule has 2 rings (SSSR count). The van der Waals surface area contributed by atoms with Crippen LogP contribution in [0.25, 0.3) is 11.0 Å². The van der Waals surface area contributed by atoms with Gasteiger partial charge in [-0.1, -0.05) is 35.2 Å². The molecule has 4 heteroatoms. The number of nitrogens with zero attached hydrogens (tertiary/aromatic N) is 2. The standard InChI is InChI=1S/C13H12BrN3/c1-3-9(2)7-16-13-8-15-12-6-10(14)4-5-11(12)17-13/h3-6,8H,1-2,7H2,(H,16,17). The van der Waals surface area contributed by atoms with E-state index in [-0.39, 0.29) is 0 Å². The van der Waals surface area contributed by atoms with Gasteiger partial charge in [0.15, 0.2) is 0 Å². The lowest BCUT2D eigenvalue weighted by molar-refractivity contribution is 1.19. The van der Waals surface area contributed by atoms with Gasteiger partial charge in [0.05, 0.1) is 17.2 Å². The molecule has 0 unspecified atom stereocenters. The number of halogens is 1. The van der Waals surface area contributed by atoms with Crippen LogP contribution in [0.4, 0.5) is 5.82 Å². The minimum Gasteiger partial charge on any atom is -0.365 e. The fraction of sp³-hybridized carbons (Fsp3) is 0.0769. The van der Waals surface area contributed by atoms with E-state index < -0.39 is 0 Å². The fourth-order valence-corrected chi connectivity index (χ4v) is 1.69. The Morgan fingerprint density at radius 3 is 3.00 bits per heavy atom. The van der Waals surface area contributed by atoms with E-state index in [0.29, 0.717) is 6.54 Å². The van der Waals surface area contributed by atoms with Gasteiger partial charge in [0.2, 0.25) is 0 Å². The molecular formula is C13H12BrN3. The third-order valence-electron chi connectivity index (χ3n) is 2.29. The maximum absolute atomic E-state index is 4.45. The van der Waals surface area contributed by atoms with Crippen LogP contribution in [0.15, 0.2) is 53.7 Å². The van der Waals surface area contributed by atoms with Crippen LogP contribution >= 0.6 is 15.9 Å². The molecule has 0 amide bonds. The zero-order valence-electron chi connectivity index (χ0n) is 9.28. The Morgan fingerprint density at radius 2 is 2.24 bits per heavy atom. The Morgan fingerprint density at radius 1 is 1.41 bits per heavy atom. The molecule has 0 radical (unpaired) electrons. The van der Waals surface area contributed by atoms with Crippen molar-refractivity contribution >= 4 is 32.8 Å². The number of hydrogen-bond donors (Lipinski definition) is 1. The average molecular weight is 290 g/mol. The summed E-state index contributed by atoms with van der Waals surface area (Å²) in [6.45, 7) is 8.10.